The highest BCUT2D eigenvalue weighted by atomic mass is 16.5. The van der Waals surface area contributed by atoms with E-state index in [4.69, 9.17) is 4.74 Å². The molecule has 3 heterocycles. The van der Waals surface area contributed by atoms with Crippen LogP contribution >= 0.6 is 0 Å². The van der Waals surface area contributed by atoms with Crippen LogP contribution in [0.15, 0.2) is 6.33 Å². The number of ether oxygens (including phenoxy) is 1. The van der Waals surface area contributed by atoms with Crippen LogP contribution in [0.3, 0.4) is 0 Å². The molecular weight excluding hydrogens is 274 g/mol. The quantitative estimate of drug-likeness (QED) is 0.849. The lowest BCUT2D eigenvalue weighted by atomic mass is 9.94. The fourth-order valence-corrected chi connectivity index (χ4v) is 3.23. The van der Waals surface area contributed by atoms with Crippen LogP contribution in [0.4, 0.5) is 0 Å². The van der Waals surface area contributed by atoms with E-state index < -0.39 is 12.0 Å². The van der Waals surface area contributed by atoms with Crippen molar-refractivity contribution >= 4 is 11.9 Å². The van der Waals surface area contributed by atoms with Crippen molar-refractivity contribution in [1.29, 1.82) is 0 Å². The third-order valence-electron chi connectivity index (χ3n) is 4.40. The van der Waals surface area contributed by atoms with Crippen LogP contribution in [0.5, 0.6) is 0 Å². The van der Waals surface area contributed by atoms with Crippen molar-refractivity contribution in [2.75, 3.05) is 6.61 Å². The van der Waals surface area contributed by atoms with E-state index in [1.54, 1.807) is 6.33 Å². The van der Waals surface area contributed by atoms with E-state index in [1.165, 1.54) is 4.90 Å². The van der Waals surface area contributed by atoms with Crippen LogP contribution in [0.1, 0.15) is 31.2 Å². The number of imidazole rings is 1. The second-order valence-corrected chi connectivity index (χ2v) is 5.56. The number of carboxylic acid groups (broad SMARTS) is 1. The first kappa shape index (κ1) is 14.1. The van der Waals surface area contributed by atoms with Crippen LogP contribution < -0.4 is 0 Å². The monoisotopic (exact) mass is 293 g/mol. The number of hydrogen-bond acceptors (Lipinski definition) is 4. The molecule has 1 fully saturated rings. The number of H-pyrrole nitrogens is 1. The van der Waals surface area contributed by atoms with E-state index in [0.717, 1.165) is 17.8 Å². The number of aliphatic carboxylic acids is 1. The third kappa shape index (κ3) is 2.42. The smallest absolute Gasteiger partial charge is 0.326 e. The average molecular weight is 293 g/mol. The Morgan fingerprint density at radius 2 is 2.38 bits per heavy atom. The molecule has 21 heavy (non-hydrogen) atoms. The van der Waals surface area contributed by atoms with Gasteiger partial charge in [-0.3, -0.25) is 4.79 Å². The molecule has 0 radical (unpaired) electrons. The molecule has 3 rings (SSSR count). The lowest BCUT2D eigenvalue weighted by Crippen LogP contribution is -2.51. The van der Waals surface area contributed by atoms with E-state index >= 15 is 0 Å². The Hall–Kier alpha value is -1.89. The maximum Gasteiger partial charge on any atom is 0.326 e. The Morgan fingerprint density at radius 1 is 1.57 bits per heavy atom. The topological polar surface area (TPSA) is 95.5 Å². The number of hydrogen-bond donors (Lipinski definition) is 2. The summed E-state index contributed by atoms with van der Waals surface area (Å²) in [5, 5.41) is 9.42. The molecular formula is C14H19N3O4. The zero-order valence-corrected chi connectivity index (χ0v) is 11.9. The standard InChI is InChI=1S/C14H19N3O4/c1-2-12-8(3-4-21-12)13(18)17-6-10-9(15-7-16-10)5-11(17)14(19)20/h7-8,11-12H,2-6H2,1H3,(H,15,16)(H,19,20). The number of nitrogens with zero attached hydrogens (tertiary/aromatic N) is 2. The second kappa shape index (κ2) is 5.48. The van der Waals surface area contributed by atoms with Gasteiger partial charge in [0.05, 0.1) is 36.3 Å². The van der Waals surface area contributed by atoms with Crippen molar-refractivity contribution in [3.63, 3.8) is 0 Å². The molecule has 2 aliphatic heterocycles. The summed E-state index contributed by atoms with van der Waals surface area (Å²) in [7, 11) is 0. The van der Waals surface area contributed by atoms with Crippen molar-refractivity contribution in [1.82, 2.24) is 14.9 Å². The molecule has 0 spiro atoms. The molecule has 3 unspecified atom stereocenters. The number of carbonyl (C=O) groups is 2. The lowest BCUT2D eigenvalue weighted by molar-refractivity contribution is -0.154. The van der Waals surface area contributed by atoms with Gasteiger partial charge in [0, 0.05) is 13.0 Å². The predicted molar refractivity (Wildman–Crippen MR) is 72.4 cm³/mol. The van der Waals surface area contributed by atoms with Crippen molar-refractivity contribution in [2.45, 2.75) is 44.9 Å². The molecule has 114 valence electrons. The summed E-state index contributed by atoms with van der Waals surface area (Å²) < 4.78 is 5.56. The van der Waals surface area contributed by atoms with Crippen LogP contribution in [-0.2, 0) is 27.3 Å². The summed E-state index contributed by atoms with van der Waals surface area (Å²) in [6.45, 7) is 2.82. The molecule has 2 aliphatic rings. The number of amides is 1. The van der Waals surface area contributed by atoms with Gasteiger partial charge in [-0.25, -0.2) is 9.78 Å². The van der Waals surface area contributed by atoms with Gasteiger partial charge in [-0.1, -0.05) is 6.92 Å². The normalized spacial score (nSPS) is 28.4. The van der Waals surface area contributed by atoms with Gasteiger partial charge in [0.15, 0.2) is 0 Å². The molecule has 1 amide bonds. The fourth-order valence-electron chi connectivity index (χ4n) is 3.23. The van der Waals surface area contributed by atoms with E-state index in [1.807, 2.05) is 6.92 Å². The first-order valence-electron chi connectivity index (χ1n) is 7.27. The summed E-state index contributed by atoms with van der Waals surface area (Å²) in [6, 6.07) is -0.841. The number of aromatic nitrogens is 2. The third-order valence-corrected chi connectivity index (χ3v) is 4.40. The van der Waals surface area contributed by atoms with Gasteiger partial charge < -0.3 is 19.7 Å². The number of fused-ring (bicyclic) bond motifs is 1. The summed E-state index contributed by atoms with van der Waals surface area (Å²) in [5.74, 6) is -1.34. The molecule has 7 nitrogen and oxygen atoms in total. The number of aromatic amines is 1. The molecule has 1 aromatic heterocycles. The van der Waals surface area contributed by atoms with Gasteiger partial charge >= 0.3 is 5.97 Å². The Morgan fingerprint density at radius 3 is 3.10 bits per heavy atom. The Kier molecular flexibility index (Phi) is 3.67. The zero-order valence-electron chi connectivity index (χ0n) is 11.9. The second-order valence-electron chi connectivity index (χ2n) is 5.56. The zero-order chi connectivity index (χ0) is 15.0. The average Bonchev–Trinajstić information content (AvgIpc) is 3.12. The van der Waals surface area contributed by atoms with Gasteiger partial charge in [-0.15, -0.1) is 0 Å². The highest BCUT2D eigenvalue weighted by Gasteiger charge is 2.42. The first-order valence-corrected chi connectivity index (χ1v) is 7.27. The summed E-state index contributed by atoms with van der Waals surface area (Å²) >= 11 is 0. The minimum atomic E-state index is -0.982. The van der Waals surface area contributed by atoms with Crippen molar-refractivity contribution < 1.29 is 19.4 Å². The van der Waals surface area contributed by atoms with Crippen LogP contribution in [-0.4, -0.2) is 50.6 Å². The molecule has 0 aromatic carbocycles. The fraction of sp³-hybridized carbons (Fsp3) is 0.643. The SMILES string of the molecule is CCC1OCCC1C(=O)N1Cc2[nH]cnc2CC1C(=O)O. The van der Waals surface area contributed by atoms with Crippen molar-refractivity contribution in [3.8, 4) is 0 Å². The van der Waals surface area contributed by atoms with Gasteiger partial charge in [0.25, 0.3) is 0 Å². The lowest BCUT2D eigenvalue weighted by Gasteiger charge is -2.34. The number of carboxylic acids is 1. The largest absolute Gasteiger partial charge is 0.480 e. The number of rotatable bonds is 3. The summed E-state index contributed by atoms with van der Waals surface area (Å²) in [6.07, 6.45) is 3.12. The van der Waals surface area contributed by atoms with E-state index in [9.17, 15) is 14.7 Å². The predicted octanol–water partition coefficient (Wildman–Crippen LogP) is 0.563. The van der Waals surface area contributed by atoms with Gasteiger partial charge in [-0.05, 0) is 12.8 Å². The molecule has 2 N–H and O–H groups in total. The molecule has 1 saturated heterocycles. The van der Waals surface area contributed by atoms with Crippen molar-refractivity contribution in [3.05, 3.63) is 17.7 Å². The highest BCUT2D eigenvalue weighted by molar-refractivity contribution is 5.86. The molecule has 0 aliphatic carbocycles. The van der Waals surface area contributed by atoms with Gasteiger partial charge in [0.2, 0.25) is 5.91 Å². The number of carbonyl (C=O) groups excluding carboxylic acids is 1. The van der Waals surface area contributed by atoms with Crippen LogP contribution in [0.2, 0.25) is 0 Å². The minimum Gasteiger partial charge on any atom is -0.480 e. The first-order chi connectivity index (χ1) is 10.1. The van der Waals surface area contributed by atoms with Gasteiger partial charge in [-0.2, -0.15) is 0 Å². The number of nitrogens with one attached hydrogen (secondary N) is 1. The van der Waals surface area contributed by atoms with Gasteiger partial charge in [0.1, 0.15) is 6.04 Å². The molecule has 1 aromatic rings. The molecule has 0 bridgehead atoms. The van der Waals surface area contributed by atoms with E-state index in [-0.39, 0.29) is 30.9 Å². The Balaban J connectivity index is 1.85. The molecule has 3 atom stereocenters. The van der Waals surface area contributed by atoms with Crippen LogP contribution in [0, 0.1) is 5.92 Å². The molecule has 0 saturated carbocycles. The maximum absolute atomic E-state index is 12.8. The van der Waals surface area contributed by atoms with E-state index in [0.29, 0.717) is 13.0 Å². The Labute approximate surface area is 122 Å². The summed E-state index contributed by atoms with van der Waals surface area (Å²) in [5.41, 5.74) is 1.56. The van der Waals surface area contributed by atoms with Crippen molar-refractivity contribution in [2.24, 2.45) is 5.92 Å². The molecule has 7 heteroatoms. The minimum absolute atomic E-state index is 0.102. The Bertz CT molecular complexity index is 556. The van der Waals surface area contributed by atoms with E-state index in [2.05, 4.69) is 9.97 Å². The maximum atomic E-state index is 12.8. The van der Waals surface area contributed by atoms with Crippen LogP contribution in [0.25, 0.3) is 0 Å². The summed E-state index contributed by atoms with van der Waals surface area (Å²) in [4.78, 5) is 32.9. The highest BCUT2D eigenvalue weighted by Crippen LogP contribution is 2.29.